The van der Waals surface area contributed by atoms with Crippen LogP contribution < -0.4 is 16.2 Å². The number of carbonyl (C=O) groups excluding carboxylic acids is 2. The highest BCUT2D eigenvalue weighted by molar-refractivity contribution is 6.35. The smallest absolute Gasteiger partial charge is 0.416 e. The predicted octanol–water partition coefficient (Wildman–Crippen LogP) is 3.84. The lowest BCUT2D eigenvalue weighted by Crippen LogP contribution is -2.35. The third kappa shape index (κ3) is 6.41. The van der Waals surface area contributed by atoms with E-state index in [0.29, 0.717) is 16.7 Å². The molecule has 0 unspecified atom stereocenters. The Morgan fingerprint density at radius 2 is 1.64 bits per heavy atom. The Morgan fingerprint density at radius 3 is 2.23 bits per heavy atom. The van der Waals surface area contributed by atoms with Gasteiger partial charge in [0.25, 0.3) is 17.4 Å². The molecule has 2 amide bonds. The maximum absolute atomic E-state index is 14.2. The minimum Gasteiger partial charge on any atom is -0.506 e. The van der Waals surface area contributed by atoms with Gasteiger partial charge in [-0.3, -0.25) is 23.7 Å². The number of rotatable bonds is 7. The average molecular weight is 592 g/mol. The van der Waals surface area contributed by atoms with E-state index in [2.05, 4.69) is 0 Å². The zero-order valence-corrected chi connectivity index (χ0v) is 20.6. The predicted molar refractivity (Wildman–Crippen MR) is 129 cm³/mol. The van der Waals surface area contributed by atoms with Gasteiger partial charge in [-0.15, -0.1) is 0 Å². The van der Waals surface area contributed by atoms with Crippen molar-refractivity contribution in [3.05, 3.63) is 84.9 Å². The molecule has 1 heterocycles. The molecule has 0 fully saturated rings. The summed E-state index contributed by atoms with van der Waals surface area (Å²) in [7, 11) is 0. The van der Waals surface area contributed by atoms with Crippen molar-refractivity contribution in [2.45, 2.75) is 12.7 Å². The van der Waals surface area contributed by atoms with E-state index in [1.54, 1.807) is 5.32 Å². The van der Waals surface area contributed by atoms with Gasteiger partial charge >= 0.3 is 12.1 Å². The highest BCUT2D eigenvalue weighted by atomic mass is 35.5. The van der Waals surface area contributed by atoms with Crippen molar-refractivity contribution in [2.24, 2.45) is 0 Å². The third-order valence-corrected chi connectivity index (χ3v) is 5.74. The molecule has 0 spiro atoms. The number of carboxylic acid groups (broad SMARTS) is 1. The van der Waals surface area contributed by atoms with Gasteiger partial charge in [-0.05, 0) is 35.9 Å². The number of hydrogen-bond acceptors (Lipinski definition) is 6. The summed E-state index contributed by atoms with van der Waals surface area (Å²) in [5.74, 6) is -8.62. The van der Waals surface area contributed by atoms with Gasteiger partial charge in [-0.2, -0.15) is 13.2 Å². The van der Waals surface area contributed by atoms with E-state index < -0.39 is 82.4 Å². The first-order valence-electron chi connectivity index (χ1n) is 10.4. The lowest BCUT2D eigenvalue weighted by Gasteiger charge is -2.17. The topological polar surface area (TPSA) is 158 Å². The number of nitrogens with one attached hydrogen (secondary N) is 2. The molecule has 0 saturated heterocycles. The fraction of sp³-hybridized carbons (Fsp3) is 0.130. The molecule has 5 N–H and O–H groups in total. The van der Waals surface area contributed by atoms with Crippen molar-refractivity contribution in [3.8, 4) is 11.6 Å². The summed E-state index contributed by atoms with van der Waals surface area (Å²) in [4.78, 5) is 49.6. The van der Waals surface area contributed by atoms with Crippen LogP contribution in [0.5, 0.6) is 11.6 Å². The molecule has 3 rings (SSSR count). The number of aromatic hydroxyl groups is 2. The molecule has 0 bridgehead atoms. The second-order valence-electron chi connectivity index (χ2n) is 7.77. The summed E-state index contributed by atoms with van der Waals surface area (Å²) in [5.41, 5.74) is -6.12. The van der Waals surface area contributed by atoms with Crippen molar-refractivity contribution >= 4 is 46.7 Å². The Kier molecular flexibility index (Phi) is 8.41. The summed E-state index contributed by atoms with van der Waals surface area (Å²) in [6.07, 6.45) is -4.92. The first kappa shape index (κ1) is 29.3. The van der Waals surface area contributed by atoms with Gasteiger partial charge in [0, 0.05) is 10.0 Å². The van der Waals surface area contributed by atoms with Gasteiger partial charge in [0.1, 0.15) is 23.5 Å². The number of aliphatic carboxylic acids is 1. The molecular formula is C23H15Cl2F4N3O7. The number of pyridine rings is 1. The summed E-state index contributed by atoms with van der Waals surface area (Å²) < 4.78 is 53.8. The van der Waals surface area contributed by atoms with Crippen LogP contribution in [-0.4, -0.2) is 44.2 Å². The molecule has 10 nitrogen and oxygen atoms in total. The van der Waals surface area contributed by atoms with Crippen LogP contribution in [0.1, 0.15) is 31.8 Å². The van der Waals surface area contributed by atoms with Crippen molar-refractivity contribution in [3.63, 3.8) is 0 Å². The molecular weight excluding hydrogens is 577 g/mol. The first-order valence-corrected chi connectivity index (χ1v) is 11.2. The van der Waals surface area contributed by atoms with E-state index in [-0.39, 0.29) is 21.7 Å². The van der Waals surface area contributed by atoms with Crippen LogP contribution in [0.15, 0.2) is 41.2 Å². The molecule has 39 heavy (non-hydrogen) atoms. The minimum absolute atomic E-state index is 0.0178. The Hall–Kier alpha value is -4.30. The van der Waals surface area contributed by atoms with Crippen LogP contribution in [0.3, 0.4) is 0 Å². The van der Waals surface area contributed by atoms with E-state index in [1.165, 1.54) is 18.2 Å². The van der Waals surface area contributed by atoms with Crippen molar-refractivity contribution in [1.29, 1.82) is 0 Å². The second kappa shape index (κ2) is 11.2. The number of halogens is 6. The number of alkyl halides is 3. The minimum atomic E-state index is -4.92. The van der Waals surface area contributed by atoms with Gasteiger partial charge in [0.05, 0.1) is 17.8 Å². The fourth-order valence-corrected chi connectivity index (χ4v) is 3.77. The lowest BCUT2D eigenvalue weighted by molar-refractivity contribution is -0.137. The van der Waals surface area contributed by atoms with E-state index >= 15 is 0 Å². The van der Waals surface area contributed by atoms with Gasteiger partial charge in [-0.25, -0.2) is 4.39 Å². The van der Waals surface area contributed by atoms with Gasteiger partial charge in [-0.1, -0.05) is 29.3 Å². The highest BCUT2D eigenvalue weighted by Gasteiger charge is 2.33. The molecule has 16 heteroatoms. The normalized spacial score (nSPS) is 11.2. The van der Waals surface area contributed by atoms with Crippen LogP contribution >= 0.6 is 23.2 Å². The van der Waals surface area contributed by atoms with Crippen LogP contribution in [0.4, 0.5) is 23.2 Å². The SMILES string of the molecule is O=C(O)CNC(=O)c1c(O)c(C(=O)Nc2cc(C(F)(F)F)ccc2F)c(=O)n(Cc2ccc(Cl)cc2Cl)c1O. The van der Waals surface area contributed by atoms with E-state index in [1.807, 2.05) is 5.32 Å². The summed E-state index contributed by atoms with van der Waals surface area (Å²) in [6.45, 7) is -1.63. The quantitative estimate of drug-likeness (QED) is 0.261. The number of aromatic nitrogens is 1. The van der Waals surface area contributed by atoms with Gasteiger partial charge in [0.15, 0.2) is 5.75 Å². The summed E-state index contributed by atoms with van der Waals surface area (Å²) in [6, 6.07) is 4.99. The summed E-state index contributed by atoms with van der Waals surface area (Å²) >= 11 is 11.9. The largest absolute Gasteiger partial charge is 0.506 e. The zero-order chi connectivity index (χ0) is 29.2. The monoisotopic (exact) mass is 591 g/mol. The molecule has 3 aromatic rings. The average Bonchev–Trinajstić information content (AvgIpc) is 2.82. The number of amides is 2. The molecule has 0 aliphatic heterocycles. The Morgan fingerprint density at radius 1 is 0.974 bits per heavy atom. The second-order valence-corrected chi connectivity index (χ2v) is 8.62. The third-order valence-electron chi connectivity index (χ3n) is 5.15. The fourth-order valence-electron chi connectivity index (χ4n) is 3.31. The van der Waals surface area contributed by atoms with Crippen LogP contribution in [0.25, 0.3) is 0 Å². The van der Waals surface area contributed by atoms with Crippen LogP contribution in [0.2, 0.25) is 10.0 Å². The Labute approximate surface area is 225 Å². The zero-order valence-electron chi connectivity index (χ0n) is 19.1. The molecule has 0 saturated carbocycles. The first-order chi connectivity index (χ1) is 18.1. The van der Waals surface area contributed by atoms with Gasteiger partial charge < -0.3 is 26.0 Å². The molecule has 0 aliphatic rings. The molecule has 2 aromatic carbocycles. The van der Waals surface area contributed by atoms with Crippen molar-refractivity contribution in [2.75, 3.05) is 11.9 Å². The summed E-state index contributed by atoms with van der Waals surface area (Å²) in [5, 5.41) is 33.8. The molecule has 206 valence electrons. The van der Waals surface area contributed by atoms with Crippen LogP contribution in [-0.2, 0) is 17.5 Å². The van der Waals surface area contributed by atoms with Crippen LogP contribution in [0, 0.1) is 5.82 Å². The number of anilines is 1. The van der Waals surface area contributed by atoms with Crippen molar-refractivity contribution in [1.82, 2.24) is 9.88 Å². The van der Waals surface area contributed by atoms with E-state index in [9.17, 15) is 47.0 Å². The van der Waals surface area contributed by atoms with E-state index in [4.69, 9.17) is 28.3 Å². The number of hydrogen-bond donors (Lipinski definition) is 5. The van der Waals surface area contributed by atoms with Gasteiger partial charge in [0.2, 0.25) is 5.88 Å². The Bertz CT molecular complexity index is 1560. The van der Waals surface area contributed by atoms with Crippen molar-refractivity contribution < 1.29 is 47.3 Å². The maximum atomic E-state index is 14.2. The number of carbonyl (C=O) groups is 3. The molecule has 1 aromatic heterocycles. The highest BCUT2D eigenvalue weighted by Crippen LogP contribution is 2.33. The number of benzene rings is 2. The van der Waals surface area contributed by atoms with E-state index in [0.717, 1.165) is 0 Å². The molecule has 0 radical (unpaired) electrons. The molecule has 0 atom stereocenters. The maximum Gasteiger partial charge on any atom is 0.416 e. The number of carboxylic acids is 1. The molecule has 0 aliphatic carbocycles. The lowest BCUT2D eigenvalue weighted by atomic mass is 10.1. The standard InChI is InChI=1S/C23H15Cl2F4N3O7/c24-11-3-1-9(12(25)6-11)8-32-21(38)16(19(36)30-7-15(33)34)18(35)17(22(32)39)20(37)31-14-5-10(23(27,28)29)2-4-13(14)26/h1-6,35,38H,7-8H2,(H,30,36)(H,31,37)(H,33,34). The number of nitrogens with zero attached hydrogens (tertiary/aromatic N) is 1. The Balaban J connectivity index is 2.19.